The van der Waals surface area contributed by atoms with Crippen LogP contribution < -0.4 is 10.1 Å². The van der Waals surface area contributed by atoms with Crippen LogP contribution in [0.25, 0.3) is 0 Å². The summed E-state index contributed by atoms with van der Waals surface area (Å²) in [7, 11) is 0. The van der Waals surface area contributed by atoms with Crippen LogP contribution in [0, 0.1) is 13.8 Å². The Labute approximate surface area is 134 Å². The molecule has 1 aromatic heterocycles. The lowest BCUT2D eigenvalue weighted by Crippen LogP contribution is -2.22. The van der Waals surface area contributed by atoms with Crippen molar-refractivity contribution in [3.05, 3.63) is 45.7 Å². The number of rotatable bonds is 7. The molecule has 0 radical (unpaired) electrons. The lowest BCUT2D eigenvalue weighted by Gasteiger charge is -2.09. The summed E-state index contributed by atoms with van der Waals surface area (Å²) in [6, 6.07) is 8.11. The van der Waals surface area contributed by atoms with Gasteiger partial charge in [0.1, 0.15) is 12.4 Å². The Bertz CT molecular complexity index is 595. The molecule has 1 aromatic carbocycles. The van der Waals surface area contributed by atoms with E-state index in [0.717, 1.165) is 35.6 Å². The van der Waals surface area contributed by atoms with Gasteiger partial charge in [0, 0.05) is 19.6 Å². The van der Waals surface area contributed by atoms with Crippen molar-refractivity contribution in [1.82, 2.24) is 15.1 Å². The van der Waals surface area contributed by atoms with Gasteiger partial charge in [0.25, 0.3) is 0 Å². The minimum atomic E-state index is 0.653. The highest BCUT2D eigenvalue weighted by molar-refractivity contribution is 9.10. The van der Waals surface area contributed by atoms with Gasteiger partial charge in [0.15, 0.2) is 0 Å². The second kappa shape index (κ2) is 7.61. The number of halogens is 1. The smallest absolute Gasteiger partial charge is 0.119 e. The third-order valence-electron chi connectivity index (χ3n) is 3.28. The monoisotopic (exact) mass is 351 g/mol. The number of ether oxygens (including phenoxy) is 1. The first-order valence-corrected chi connectivity index (χ1v) is 8.03. The molecule has 2 aromatic rings. The van der Waals surface area contributed by atoms with Crippen molar-refractivity contribution in [2.24, 2.45) is 0 Å². The van der Waals surface area contributed by atoms with Crippen LogP contribution in [0.15, 0.2) is 28.7 Å². The molecular formula is C16H22BrN3O. The fourth-order valence-corrected chi connectivity index (χ4v) is 2.62. The van der Waals surface area contributed by atoms with E-state index in [1.54, 1.807) is 0 Å². The summed E-state index contributed by atoms with van der Waals surface area (Å²) in [4.78, 5) is 0. The zero-order valence-corrected chi connectivity index (χ0v) is 14.4. The number of aryl methyl sites for hydroxylation is 3. The van der Waals surface area contributed by atoms with Crippen molar-refractivity contribution < 1.29 is 4.74 Å². The van der Waals surface area contributed by atoms with Gasteiger partial charge in [-0.05, 0) is 54.4 Å². The van der Waals surface area contributed by atoms with E-state index in [1.807, 2.05) is 29.8 Å². The zero-order chi connectivity index (χ0) is 15.2. The highest BCUT2D eigenvalue weighted by Gasteiger charge is 2.11. The number of benzene rings is 1. The van der Waals surface area contributed by atoms with E-state index in [0.29, 0.717) is 6.61 Å². The molecule has 0 spiro atoms. The zero-order valence-electron chi connectivity index (χ0n) is 12.8. The first-order chi connectivity index (χ1) is 10.1. The molecule has 0 aliphatic carbocycles. The number of hydrogen-bond acceptors (Lipinski definition) is 3. The molecular weight excluding hydrogens is 330 g/mol. The van der Waals surface area contributed by atoms with Gasteiger partial charge in [-0.1, -0.05) is 12.1 Å². The Morgan fingerprint density at radius 2 is 2.14 bits per heavy atom. The van der Waals surface area contributed by atoms with Crippen molar-refractivity contribution in [2.45, 2.75) is 33.9 Å². The van der Waals surface area contributed by atoms with Gasteiger partial charge in [0.2, 0.25) is 0 Å². The molecule has 5 heteroatoms. The molecule has 0 unspecified atom stereocenters. The van der Waals surface area contributed by atoms with Gasteiger partial charge in [-0.15, -0.1) is 0 Å². The summed E-state index contributed by atoms with van der Waals surface area (Å²) < 4.78 is 8.84. The van der Waals surface area contributed by atoms with Gasteiger partial charge < -0.3 is 10.1 Å². The minimum absolute atomic E-state index is 0.653. The first-order valence-electron chi connectivity index (χ1n) is 7.23. The van der Waals surface area contributed by atoms with Crippen molar-refractivity contribution in [2.75, 3.05) is 13.2 Å². The van der Waals surface area contributed by atoms with Gasteiger partial charge >= 0.3 is 0 Å². The minimum Gasteiger partial charge on any atom is -0.492 e. The van der Waals surface area contributed by atoms with Crippen LogP contribution in [-0.2, 0) is 13.1 Å². The van der Waals surface area contributed by atoms with Crippen molar-refractivity contribution in [3.63, 3.8) is 0 Å². The quantitative estimate of drug-likeness (QED) is 0.776. The fourth-order valence-electron chi connectivity index (χ4n) is 2.19. The Kier molecular flexibility index (Phi) is 5.82. The SMILES string of the molecule is CCn1nc(C)c(Br)c1CNCCOc1cccc(C)c1. The maximum absolute atomic E-state index is 5.72. The van der Waals surface area contributed by atoms with Crippen molar-refractivity contribution in [1.29, 1.82) is 0 Å². The molecule has 0 bridgehead atoms. The largest absolute Gasteiger partial charge is 0.492 e. The standard InChI is InChI=1S/C16H22BrN3O/c1-4-20-15(16(17)13(3)19-20)11-18-8-9-21-14-7-5-6-12(2)10-14/h5-7,10,18H,4,8-9,11H2,1-3H3. The maximum atomic E-state index is 5.72. The summed E-state index contributed by atoms with van der Waals surface area (Å²) in [6.45, 7) is 9.30. The molecule has 114 valence electrons. The molecule has 21 heavy (non-hydrogen) atoms. The Morgan fingerprint density at radius 1 is 1.33 bits per heavy atom. The molecule has 0 aliphatic heterocycles. The summed E-state index contributed by atoms with van der Waals surface area (Å²) in [5, 5.41) is 7.88. The van der Waals surface area contributed by atoms with Crippen LogP contribution in [0.4, 0.5) is 0 Å². The van der Waals surface area contributed by atoms with E-state index in [9.17, 15) is 0 Å². The highest BCUT2D eigenvalue weighted by atomic mass is 79.9. The highest BCUT2D eigenvalue weighted by Crippen LogP contribution is 2.20. The summed E-state index contributed by atoms with van der Waals surface area (Å²) in [6.07, 6.45) is 0. The van der Waals surface area contributed by atoms with Crippen LogP contribution in [0.1, 0.15) is 23.9 Å². The van der Waals surface area contributed by atoms with E-state index in [4.69, 9.17) is 4.74 Å². The number of nitrogens with zero attached hydrogens (tertiary/aromatic N) is 2. The van der Waals surface area contributed by atoms with Crippen LogP contribution in [0.2, 0.25) is 0 Å². The third kappa shape index (κ3) is 4.32. The molecule has 4 nitrogen and oxygen atoms in total. The molecule has 0 atom stereocenters. The predicted molar refractivity (Wildman–Crippen MR) is 88.7 cm³/mol. The van der Waals surface area contributed by atoms with Crippen molar-refractivity contribution in [3.8, 4) is 5.75 Å². The lowest BCUT2D eigenvalue weighted by molar-refractivity contribution is 0.312. The number of hydrogen-bond donors (Lipinski definition) is 1. The van der Waals surface area contributed by atoms with Gasteiger partial charge in [-0.25, -0.2) is 0 Å². The van der Waals surface area contributed by atoms with Crippen LogP contribution >= 0.6 is 15.9 Å². The summed E-state index contributed by atoms with van der Waals surface area (Å²) >= 11 is 3.60. The maximum Gasteiger partial charge on any atom is 0.119 e. The number of aromatic nitrogens is 2. The average Bonchev–Trinajstić information content (AvgIpc) is 2.74. The Morgan fingerprint density at radius 3 is 2.86 bits per heavy atom. The predicted octanol–water partition coefficient (Wildman–Crippen LogP) is 3.45. The van der Waals surface area contributed by atoms with E-state index in [-0.39, 0.29) is 0 Å². The Hall–Kier alpha value is -1.33. The van der Waals surface area contributed by atoms with Gasteiger partial charge in [-0.3, -0.25) is 4.68 Å². The third-order valence-corrected chi connectivity index (χ3v) is 4.31. The average molecular weight is 352 g/mol. The van der Waals surface area contributed by atoms with Crippen LogP contribution in [-0.4, -0.2) is 22.9 Å². The second-order valence-corrected chi connectivity index (χ2v) is 5.80. The van der Waals surface area contributed by atoms with Crippen LogP contribution in [0.5, 0.6) is 5.75 Å². The molecule has 0 fully saturated rings. The summed E-state index contributed by atoms with van der Waals surface area (Å²) in [5.74, 6) is 0.924. The lowest BCUT2D eigenvalue weighted by atomic mass is 10.2. The van der Waals surface area contributed by atoms with E-state index in [1.165, 1.54) is 11.3 Å². The molecule has 1 heterocycles. The van der Waals surface area contributed by atoms with E-state index < -0.39 is 0 Å². The fraction of sp³-hybridized carbons (Fsp3) is 0.438. The molecule has 0 aliphatic rings. The first kappa shape index (κ1) is 16.0. The van der Waals surface area contributed by atoms with Crippen LogP contribution in [0.3, 0.4) is 0 Å². The van der Waals surface area contributed by atoms with E-state index >= 15 is 0 Å². The van der Waals surface area contributed by atoms with Crippen molar-refractivity contribution >= 4 is 15.9 Å². The topological polar surface area (TPSA) is 39.1 Å². The number of nitrogens with one attached hydrogen (secondary N) is 1. The normalized spacial score (nSPS) is 10.9. The molecule has 0 amide bonds. The molecule has 0 saturated heterocycles. The molecule has 2 rings (SSSR count). The second-order valence-electron chi connectivity index (χ2n) is 5.00. The molecule has 0 saturated carbocycles. The Balaban J connectivity index is 1.77. The molecule has 1 N–H and O–H groups in total. The van der Waals surface area contributed by atoms with E-state index in [2.05, 4.69) is 46.3 Å². The van der Waals surface area contributed by atoms with Gasteiger partial charge in [0.05, 0.1) is 15.9 Å². The van der Waals surface area contributed by atoms with Gasteiger partial charge in [-0.2, -0.15) is 5.10 Å². The summed E-state index contributed by atoms with van der Waals surface area (Å²) in [5.41, 5.74) is 3.43.